The van der Waals surface area contributed by atoms with Crippen LogP contribution in [0.2, 0.25) is 0 Å². The zero-order chi connectivity index (χ0) is 16.6. The second kappa shape index (κ2) is 6.21. The van der Waals surface area contributed by atoms with Crippen molar-refractivity contribution in [3.05, 3.63) is 29.6 Å². The number of H-pyrrole nitrogens is 1. The summed E-state index contributed by atoms with van der Waals surface area (Å²) in [5.41, 5.74) is 3.28. The van der Waals surface area contributed by atoms with Gasteiger partial charge in [-0.3, -0.25) is 4.90 Å². The van der Waals surface area contributed by atoms with Crippen molar-refractivity contribution in [2.24, 2.45) is 5.41 Å². The van der Waals surface area contributed by atoms with E-state index in [1.54, 1.807) is 0 Å². The van der Waals surface area contributed by atoms with Crippen molar-refractivity contribution < 1.29 is 9.13 Å². The quantitative estimate of drug-likeness (QED) is 0.938. The van der Waals surface area contributed by atoms with Crippen molar-refractivity contribution in [2.75, 3.05) is 19.6 Å². The Morgan fingerprint density at radius 1 is 1.35 bits per heavy atom. The van der Waals surface area contributed by atoms with Gasteiger partial charge in [0, 0.05) is 19.6 Å². The van der Waals surface area contributed by atoms with Crippen LogP contribution in [0.5, 0.6) is 0 Å². The van der Waals surface area contributed by atoms with Gasteiger partial charge in [0.1, 0.15) is 24.7 Å². The molecule has 0 spiro atoms. The van der Waals surface area contributed by atoms with E-state index in [-0.39, 0.29) is 11.5 Å². The maximum absolute atomic E-state index is 14.2. The minimum Gasteiger partial charge on any atom is -0.366 e. The number of likely N-dealkylation sites (tertiary alicyclic amines) is 1. The number of halogens is 1. The Hall–Kier alpha value is -1.46. The van der Waals surface area contributed by atoms with Crippen LogP contribution < -0.4 is 0 Å². The molecule has 0 bridgehead atoms. The summed E-state index contributed by atoms with van der Waals surface area (Å²) in [6, 6.07) is 6.08. The average molecular weight is 319 g/mol. The van der Waals surface area contributed by atoms with Crippen molar-refractivity contribution in [2.45, 2.75) is 46.6 Å². The van der Waals surface area contributed by atoms with E-state index < -0.39 is 6.17 Å². The lowest BCUT2D eigenvalue weighted by Gasteiger charge is -2.25. The number of benzene rings is 1. The van der Waals surface area contributed by atoms with E-state index in [1.807, 2.05) is 19.1 Å². The van der Waals surface area contributed by atoms with Gasteiger partial charge >= 0.3 is 0 Å². The standard InChI is InChI=1S/C18H26FN3O/c1-12-5-6-14-15(7-12)21-17(20-14)10-23-16-9-22(8-13(16)19)11-18(2,3)4/h5-7,13,16H,8-11H2,1-4H3,(H,20,21). The van der Waals surface area contributed by atoms with Crippen LogP contribution in [0.1, 0.15) is 32.2 Å². The van der Waals surface area contributed by atoms with Crippen molar-refractivity contribution in [3.63, 3.8) is 0 Å². The SMILES string of the molecule is Cc1ccc2nc(COC3CN(CC(C)(C)C)CC3F)[nH]c2c1. The molecule has 23 heavy (non-hydrogen) atoms. The van der Waals surface area contributed by atoms with Gasteiger partial charge in [0.05, 0.1) is 11.0 Å². The summed E-state index contributed by atoms with van der Waals surface area (Å²) in [7, 11) is 0. The van der Waals surface area contributed by atoms with Gasteiger partial charge in [0.25, 0.3) is 0 Å². The molecule has 1 saturated heterocycles. The van der Waals surface area contributed by atoms with Crippen LogP contribution in [0.15, 0.2) is 18.2 Å². The molecular weight excluding hydrogens is 293 g/mol. The lowest BCUT2D eigenvalue weighted by molar-refractivity contribution is 0.00816. The number of aryl methyl sites for hydroxylation is 1. The van der Waals surface area contributed by atoms with Crippen LogP contribution in [0.4, 0.5) is 4.39 Å². The van der Waals surface area contributed by atoms with Crippen molar-refractivity contribution in [1.29, 1.82) is 0 Å². The fourth-order valence-corrected chi connectivity index (χ4v) is 3.20. The number of nitrogens with one attached hydrogen (secondary N) is 1. The molecule has 2 unspecified atom stereocenters. The fourth-order valence-electron chi connectivity index (χ4n) is 3.20. The Bertz CT molecular complexity index is 676. The third kappa shape index (κ3) is 4.09. The minimum atomic E-state index is -0.927. The lowest BCUT2D eigenvalue weighted by atomic mass is 9.96. The molecule has 2 atom stereocenters. The van der Waals surface area contributed by atoms with Crippen LogP contribution in [0.25, 0.3) is 11.0 Å². The van der Waals surface area contributed by atoms with Crippen LogP contribution in [-0.2, 0) is 11.3 Å². The Balaban J connectivity index is 1.59. The summed E-state index contributed by atoms with van der Waals surface area (Å²) < 4.78 is 20.0. The minimum absolute atomic E-state index is 0.172. The smallest absolute Gasteiger partial charge is 0.140 e. The predicted octanol–water partition coefficient (Wildman–Crippen LogP) is 3.46. The van der Waals surface area contributed by atoms with E-state index in [0.717, 1.165) is 23.4 Å². The first-order valence-electron chi connectivity index (χ1n) is 8.23. The molecule has 2 aromatic rings. The molecule has 0 aliphatic carbocycles. The van der Waals surface area contributed by atoms with Crippen molar-refractivity contribution >= 4 is 11.0 Å². The van der Waals surface area contributed by atoms with Gasteiger partial charge in [0.15, 0.2) is 0 Å². The summed E-state index contributed by atoms with van der Waals surface area (Å²) in [5.74, 6) is 0.757. The maximum Gasteiger partial charge on any atom is 0.140 e. The number of aromatic amines is 1. The average Bonchev–Trinajstić information content (AvgIpc) is 2.97. The second-order valence-corrected chi connectivity index (χ2v) is 7.82. The molecule has 1 aromatic heterocycles. The predicted molar refractivity (Wildman–Crippen MR) is 90.2 cm³/mol. The number of imidazole rings is 1. The largest absolute Gasteiger partial charge is 0.366 e. The van der Waals surface area contributed by atoms with Gasteiger partial charge in [-0.15, -0.1) is 0 Å². The molecule has 3 rings (SSSR count). The highest BCUT2D eigenvalue weighted by molar-refractivity contribution is 5.75. The highest BCUT2D eigenvalue weighted by Gasteiger charge is 2.35. The summed E-state index contributed by atoms with van der Waals surface area (Å²) in [6.07, 6.45) is -1.30. The highest BCUT2D eigenvalue weighted by atomic mass is 19.1. The van der Waals surface area contributed by atoms with Crippen LogP contribution >= 0.6 is 0 Å². The van der Waals surface area contributed by atoms with Gasteiger partial charge in [-0.1, -0.05) is 26.8 Å². The monoisotopic (exact) mass is 319 g/mol. The fraction of sp³-hybridized carbons (Fsp3) is 0.611. The first-order chi connectivity index (χ1) is 10.8. The van der Waals surface area contributed by atoms with Crippen LogP contribution in [-0.4, -0.2) is 46.8 Å². The molecule has 1 fully saturated rings. The molecular formula is C18H26FN3O. The second-order valence-electron chi connectivity index (χ2n) is 7.82. The topological polar surface area (TPSA) is 41.1 Å². The molecule has 0 amide bonds. The molecule has 1 aliphatic heterocycles. The van der Waals surface area contributed by atoms with E-state index in [9.17, 15) is 4.39 Å². The number of nitrogens with zero attached hydrogens (tertiary/aromatic N) is 2. The number of fused-ring (bicyclic) bond motifs is 1. The molecule has 5 heteroatoms. The first kappa shape index (κ1) is 16.4. The first-order valence-corrected chi connectivity index (χ1v) is 8.23. The van der Waals surface area contributed by atoms with E-state index in [1.165, 1.54) is 5.56 Å². The molecule has 126 valence electrons. The third-order valence-electron chi connectivity index (χ3n) is 4.09. The maximum atomic E-state index is 14.2. The Labute approximate surface area is 137 Å². The van der Waals surface area contributed by atoms with E-state index >= 15 is 0 Å². The van der Waals surface area contributed by atoms with Gasteiger partial charge in [-0.2, -0.15) is 0 Å². The molecule has 0 radical (unpaired) electrons. The molecule has 1 aliphatic rings. The van der Waals surface area contributed by atoms with Crippen LogP contribution in [0, 0.1) is 12.3 Å². The Morgan fingerprint density at radius 2 is 2.13 bits per heavy atom. The van der Waals surface area contributed by atoms with Gasteiger partial charge in [0.2, 0.25) is 0 Å². The van der Waals surface area contributed by atoms with Gasteiger partial charge < -0.3 is 9.72 Å². The van der Waals surface area contributed by atoms with Crippen molar-refractivity contribution in [3.8, 4) is 0 Å². The summed E-state index contributed by atoms with van der Waals surface area (Å²) in [6.45, 7) is 10.9. The molecule has 4 nitrogen and oxygen atoms in total. The Morgan fingerprint density at radius 3 is 2.87 bits per heavy atom. The lowest BCUT2D eigenvalue weighted by Crippen LogP contribution is -2.31. The highest BCUT2D eigenvalue weighted by Crippen LogP contribution is 2.23. The molecule has 1 N–H and O–H groups in total. The normalized spacial score (nSPS) is 23.0. The van der Waals surface area contributed by atoms with E-state index in [2.05, 4.69) is 41.7 Å². The summed E-state index contributed by atoms with van der Waals surface area (Å²) >= 11 is 0. The number of hydrogen-bond donors (Lipinski definition) is 1. The number of ether oxygens (including phenoxy) is 1. The Kier molecular flexibility index (Phi) is 4.43. The van der Waals surface area contributed by atoms with E-state index in [0.29, 0.717) is 19.7 Å². The third-order valence-corrected chi connectivity index (χ3v) is 4.09. The molecule has 0 saturated carbocycles. The van der Waals surface area contributed by atoms with E-state index in [4.69, 9.17) is 4.74 Å². The number of rotatable bonds is 4. The number of alkyl halides is 1. The number of aromatic nitrogens is 2. The van der Waals surface area contributed by atoms with Crippen molar-refractivity contribution in [1.82, 2.24) is 14.9 Å². The van der Waals surface area contributed by atoms with Crippen LogP contribution in [0.3, 0.4) is 0 Å². The van der Waals surface area contributed by atoms with Gasteiger partial charge in [-0.25, -0.2) is 9.37 Å². The molecule has 1 aromatic carbocycles. The summed E-state index contributed by atoms with van der Waals surface area (Å²) in [4.78, 5) is 9.90. The van der Waals surface area contributed by atoms with Gasteiger partial charge in [-0.05, 0) is 30.0 Å². The number of hydrogen-bond acceptors (Lipinski definition) is 3. The zero-order valence-corrected chi connectivity index (χ0v) is 14.4. The summed E-state index contributed by atoms with van der Waals surface area (Å²) in [5, 5.41) is 0. The molecule has 2 heterocycles. The zero-order valence-electron chi connectivity index (χ0n) is 14.4.